The summed E-state index contributed by atoms with van der Waals surface area (Å²) in [6.07, 6.45) is -4.70. The monoisotopic (exact) mass is 369 g/mol. The van der Waals surface area contributed by atoms with Gasteiger partial charge in [-0.2, -0.15) is 0 Å². The summed E-state index contributed by atoms with van der Waals surface area (Å²) in [7, 11) is 0. The van der Waals surface area contributed by atoms with E-state index in [2.05, 4.69) is 26.0 Å². The molecule has 0 bridgehead atoms. The second kappa shape index (κ2) is 5.68. The van der Waals surface area contributed by atoms with E-state index in [-0.39, 0.29) is 5.75 Å². The van der Waals surface area contributed by atoms with E-state index in [1.165, 1.54) is 12.1 Å². The SMILES string of the molecule is FC(F)(F)Oc1ccc2c(c1)C(c1ccccc1)=C(Br)CN2. The van der Waals surface area contributed by atoms with Crippen LogP contribution in [-0.4, -0.2) is 12.9 Å². The fourth-order valence-corrected chi connectivity index (χ4v) is 2.99. The van der Waals surface area contributed by atoms with Crippen LogP contribution in [0.3, 0.4) is 0 Å². The molecular formula is C16H11BrF3NO. The van der Waals surface area contributed by atoms with Crippen molar-refractivity contribution in [2.24, 2.45) is 0 Å². The van der Waals surface area contributed by atoms with Gasteiger partial charge >= 0.3 is 6.36 Å². The van der Waals surface area contributed by atoms with Gasteiger partial charge in [-0.25, -0.2) is 0 Å². The maximum atomic E-state index is 12.4. The number of fused-ring (bicyclic) bond motifs is 1. The van der Waals surface area contributed by atoms with Crippen molar-refractivity contribution in [3.63, 3.8) is 0 Å². The molecule has 1 heterocycles. The second-order valence-electron chi connectivity index (χ2n) is 4.75. The molecule has 0 amide bonds. The van der Waals surface area contributed by atoms with Crippen LogP contribution in [0.1, 0.15) is 11.1 Å². The summed E-state index contributed by atoms with van der Waals surface area (Å²) in [5.74, 6) is -0.233. The van der Waals surface area contributed by atoms with Crippen molar-refractivity contribution in [2.75, 3.05) is 11.9 Å². The van der Waals surface area contributed by atoms with Crippen molar-refractivity contribution in [1.82, 2.24) is 0 Å². The highest BCUT2D eigenvalue weighted by molar-refractivity contribution is 9.11. The number of halogens is 4. The van der Waals surface area contributed by atoms with Crippen LogP contribution in [0, 0.1) is 0 Å². The third kappa shape index (κ3) is 3.11. The fraction of sp³-hybridized carbons (Fsp3) is 0.125. The first-order valence-corrected chi connectivity index (χ1v) is 7.31. The molecule has 1 N–H and O–H groups in total. The number of hydrogen-bond donors (Lipinski definition) is 1. The average Bonchev–Trinajstić information content (AvgIpc) is 2.46. The van der Waals surface area contributed by atoms with Crippen LogP contribution in [0.25, 0.3) is 5.57 Å². The summed E-state index contributed by atoms with van der Waals surface area (Å²) in [5.41, 5.74) is 3.24. The molecular weight excluding hydrogens is 359 g/mol. The zero-order valence-corrected chi connectivity index (χ0v) is 12.8. The molecule has 114 valence electrons. The van der Waals surface area contributed by atoms with Gasteiger partial charge < -0.3 is 10.1 Å². The van der Waals surface area contributed by atoms with Crippen LogP contribution in [-0.2, 0) is 0 Å². The van der Waals surface area contributed by atoms with E-state index >= 15 is 0 Å². The maximum absolute atomic E-state index is 12.4. The van der Waals surface area contributed by atoms with Crippen LogP contribution in [0.15, 0.2) is 53.0 Å². The zero-order valence-electron chi connectivity index (χ0n) is 11.2. The molecule has 0 unspecified atom stereocenters. The van der Waals surface area contributed by atoms with E-state index in [0.29, 0.717) is 12.1 Å². The Bertz CT molecular complexity index is 726. The Kier molecular flexibility index (Phi) is 3.87. The minimum atomic E-state index is -4.70. The Labute approximate surface area is 133 Å². The molecule has 0 spiro atoms. The highest BCUT2D eigenvalue weighted by Gasteiger charge is 2.31. The van der Waals surface area contributed by atoms with Gasteiger partial charge in [-0.3, -0.25) is 0 Å². The molecule has 0 fully saturated rings. The fourth-order valence-electron chi connectivity index (χ4n) is 2.41. The molecule has 3 rings (SSSR count). The largest absolute Gasteiger partial charge is 0.573 e. The summed E-state index contributed by atoms with van der Waals surface area (Å²) >= 11 is 3.50. The quantitative estimate of drug-likeness (QED) is 0.788. The van der Waals surface area contributed by atoms with Crippen molar-refractivity contribution in [3.8, 4) is 5.75 Å². The van der Waals surface area contributed by atoms with Gasteiger partial charge in [0, 0.05) is 27.9 Å². The van der Waals surface area contributed by atoms with Crippen LogP contribution >= 0.6 is 15.9 Å². The Morgan fingerprint density at radius 3 is 2.45 bits per heavy atom. The molecule has 0 aromatic heterocycles. The Hall–Kier alpha value is -1.95. The molecule has 1 aliphatic rings. The highest BCUT2D eigenvalue weighted by Crippen LogP contribution is 2.40. The van der Waals surface area contributed by atoms with E-state index in [4.69, 9.17) is 0 Å². The van der Waals surface area contributed by atoms with Gasteiger partial charge in [0.25, 0.3) is 0 Å². The van der Waals surface area contributed by atoms with Crippen molar-refractivity contribution < 1.29 is 17.9 Å². The summed E-state index contributed by atoms with van der Waals surface area (Å²) in [6.45, 7) is 0.580. The lowest BCUT2D eigenvalue weighted by atomic mass is 9.94. The highest BCUT2D eigenvalue weighted by atomic mass is 79.9. The summed E-state index contributed by atoms with van der Waals surface area (Å²) in [4.78, 5) is 0. The van der Waals surface area contributed by atoms with Gasteiger partial charge in [-0.15, -0.1) is 13.2 Å². The molecule has 22 heavy (non-hydrogen) atoms. The number of nitrogens with one attached hydrogen (secondary N) is 1. The lowest BCUT2D eigenvalue weighted by molar-refractivity contribution is -0.274. The van der Waals surface area contributed by atoms with Crippen LogP contribution in [0.5, 0.6) is 5.75 Å². The first-order chi connectivity index (χ1) is 10.4. The van der Waals surface area contributed by atoms with E-state index < -0.39 is 6.36 Å². The van der Waals surface area contributed by atoms with Crippen LogP contribution in [0.2, 0.25) is 0 Å². The number of ether oxygens (including phenoxy) is 1. The summed E-state index contributed by atoms with van der Waals surface area (Å²) < 4.78 is 42.1. The standard InChI is InChI=1S/C16H11BrF3NO/c17-13-9-21-14-7-6-11(22-16(18,19)20)8-12(14)15(13)10-4-2-1-3-5-10/h1-8,21H,9H2. The predicted octanol–water partition coefficient (Wildman–Crippen LogP) is 5.17. The topological polar surface area (TPSA) is 21.3 Å². The van der Waals surface area contributed by atoms with E-state index in [1.807, 2.05) is 30.3 Å². The van der Waals surface area contributed by atoms with E-state index in [9.17, 15) is 13.2 Å². The lowest BCUT2D eigenvalue weighted by Gasteiger charge is -2.23. The Balaban J connectivity index is 2.09. The molecule has 0 atom stereocenters. The molecule has 0 aliphatic carbocycles. The van der Waals surface area contributed by atoms with Crippen molar-refractivity contribution in [2.45, 2.75) is 6.36 Å². The summed E-state index contributed by atoms with van der Waals surface area (Å²) in [5, 5.41) is 3.16. The maximum Gasteiger partial charge on any atom is 0.573 e. The first-order valence-electron chi connectivity index (χ1n) is 6.52. The van der Waals surface area contributed by atoms with Crippen molar-refractivity contribution in [1.29, 1.82) is 0 Å². The molecule has 0 radical (unpaired) electrons. The average molecular weight is 370 g/mol. The molecule has 2 aromatic rings. The number of anilines is 1. The third-order valence-electron chi connectivity index (χ3n) is 3.26. The number of rotatable bonds is 2. The minimum absolute atomic E-state index is 0.233. The lowest BCUT2D eigenvalue weighted by Crippen LogP contribution is -2.18. The predicted molar refractivity (Wildman–Crippen MR) is 83.0 cm³/mol. The number of hydrogen-bond acceptors (Lipinski definition) is 2. The molecule has 2 nitrogen and oxygen atoms in total. The van der Waals surface area contributed by atoms with Gasteiger partial charge in [0.05, 0.1) is 0 Å². The minimum Gasteiger partial charge on any atom is -0.406 e. The van der Waals surface area contributed by atoms with Gasteiger partial charge in [0.1, 0.15) is 5.75 Å². The van der Waals surface area contributed by atoms with E-state index in [0.717, 1.165) is 21.3 Å². The van der Waals surface area contributed by atoms with Crippen molar-refractivity contribution in [3.05, 3.63) is 64.1 Å². The van der Waals surface area contributed by atoms with Gasteiger partial charge in [0.15, 0.2) is 0 Å². The van der Waals surface area contributed by atoms with Gasteiger partial charge in [-0.05, 0) is 23.8 Å². The Morgan fingerprint density at radius 2 is 1.77 bits per heavy atom. The van der Waals surface area contributed by atoms with Crippen molar-refractivity contribution >= 4 is 27.2 Å². The summed E-state index contributed by atoms with van der Waals surface area (Å²) in [6, 6.07) is 13.8. The third-order valence-corrected chi connectivity index (χ3v) is 3.94. The normalized spacial score (nSPS) is 14.4. The number of alkyl halides is 3. The Morgan fingerprint density at radius 1 is 1.05 bits per heavy atom. The molecule has 0 saturated carbocycles. The smallest absolute Gasteiger partial charge is 0.406 e. The van der Waals surface area contributed by atoms with Gasteiger partial charge in [0.2, 0.25) is 0 Å². The molecule has 1 aliphatic heterocycles. The molecule has 2 aromatic carbocycles. The van der Waals surface area contributed by atoms with Gasteiger partial charge in [-0.1, -0.05) is 46.3 Å². The number of benzene rings is 2. The molecule has 6 heteroatoms. The van der Waals surface area contributed by atoms with Crippen LogP contribution < -0.4 is 10.1 Å². The zero-order chi connectivity index (χ0) is 15.7. The van der Waals surface area contributed by atoms with E-state index in [1.54, 1.807) is 6.07 Å². The van der Waals surface area contributed by atoms with Crippen LogP contribution in [0.4, 0.5) is 18.9 Å². The first kappa shape index (κ1) is 15.0. The second-order valence-corrected chi connectivity index (χ2v) is 5.71. The molecule has 0 saturated heterocycles.